The minimum absolute atomic E-state index is 0.109. The van der Waals surface area contributed by atoms with Gasteiger partial charge < -0.3 is 10.0 Å². The van der Waals surface area contributed by atoms with Gasteiger partial charge in [-0.3, -0.25) is 14.5 Å². The third-order valence-electron chi connectivity index (χ3n) is 3.88. The van der Waals surface area contributed by atoms with Crippen molar-refractivity contribution in [2.24, 2.45) is 0 Å². The molecule has 0 unspecified atom stereocenters. The molecule has 0 aromatic heterocycles. The van der Waals surface area contributed by atoms with Crippen LogP contribution in [0.3, 0.4) is 0 Å². The number of likely N-dealkylation sites (N-methyl/N-ethyl adjacent to an activating group) is 1. The highest BCUT2D eigenvalue weighted by molar-refractivity contribution is 6.15. The maximum atomic E-state index is 12.3. The lowest BCUT2D eigenvalue weighted by Gasteiger charge is -2.45. The van der Waals surface area contributed by atoms with Crippen molar-refractivity contribution in [2.45, 2.75) is 18.5 Å². The van der Waals surface area contributed by atoms with Crippen LogP contribution in [0.4, 0.5) is 5.69 Å². The number of carboxylic acids is 1. The van der Waals surface area contributed by atoms with Gasteiger partial charge in [0.1, 0.15) is 0 Å². The molecule has 0 aliphatic carbocycles. The topological polar surface area (TPSA) is 77.9 Å². The summed E-state index contributed by atoms with van der Waals surface area (Å²) in [5.41, 5.74) is -0.838. The van der Waals surface area contributed by atoms with Crippen molar-refractivity contribution in [1.82, 2.24) is 4.90 Å². The Kier molecular flexibility index (Phi) is 2.20. The molecule has 1 saturated heterocycles. The van der Waals surface area contributed by atoms with Crippen molar-refractivity contribution in [3.8, 4) is 0 Å². The molecular weight excluding hydrogens is 248 g/mol. The molecule has 6 nitrogen and oxygen atoms in total. The van der Waals surface area contributed by atoms with Crippen molar-refractivity contribution in [1.29, 1.82) is 0 Å². The van der Waals surface area contributed by atoms with E-state index < -0.39 is 11.6 Å². The highest BCUT2D eigenvalue weighted by Gasteiger charge is 2.60. The molecule has 1 N–H and O–H groups in total. The number of carbonyl (C=O) groups excluding carboxylic acids is 2. The van der Waals surface area contributed by atoms with E-state index in [0.717, 1.165) is 4.90 Å². The molecule has 2 amide bonds. The van der Waals surface area contributed by atoms with E-state index >= 15 is 0 Å². The fourth-order valence-corrected chi connectivity index (χ4v) is 2.91. The molecule has 0 bridgehead atoms. The van der Waals surface area contributed by atoms with Crippen LogP contribution in [0.5, 0.6) is 0 Å². The molecule has 1 aromatic rings. The van der Waals surface area contributed by atoms with E-state index in [-0.39, 0.29) is 24.7 Å². The standard InChI is InChI=1S/C13H12N2O4/c1-14-11(17)8-4-2-3-5-9(8)15-10(16)6-7-13(14,15)12(18)19/h2-5H,6-7H2,1H3,(H,18,19)/t13-/m0/s1. The number of fused-ring (bicyclic) bond motifs is 3. The smallest absolute Gasteiger partial charge is 0.351 e. The number of benzene rings is 1. The molecule has 0 spiro atoms. The molecule has 6 heteroatoms. The van der Waals surface area contributed by atoms with Crippen LogP contribution in [-0.4, -0.2) is 40.5 Å². The van der Waals surface area contributed by atoms with Gasteiger partial charge in [0.15, 0.2) is 0 Å². The molecule has 2 aliphatic rings. The average molecular weight is 260 g/mol. The van der Waals surface area contributed by atoms with Gasteiger partial charge in [-0.1, -0.05) is 12.1 Å². The molecule has 1 atom stereocenters. The van der Waals surface area contributed by atoms with Crippen molar-refractivity contribution in [3.05, 3.63) is 29.8 Å². The number of carbonyl (C=O) groups is 3. The predicted molar refractivity (Wildman–Crippen MR) is 65.6 cm³/mol. The Hall–Kier alpha value is -2.37. The monoisotopic (exact) mass is 260 g/mol. The number of carboxylic acid groups (broad SMARTS) is 1. The Morgan fingerprint density at radius 1 is 1.32 bits per heavy atom. The number of aliphatic carboxylic acids is 1. The van der Waals surface area contributed by atoms with Crippen LogP contribution in [0.25, 0.3) is 0 Å². The second-order valence-electron chi connectivity index (χ2n) is 4.73. The summed E-state index contributed by atoms with van der Waals surface area (Å²) in [6.07, 6.45) is 0.232. The summed E-state index contributed by atoms with van der Waals surface area (Å²) in [6, 6.07) is 6.60. The Bertz CT molecular complexity index is 612. The van der Waals surface area contributed by atoms with Crippen LogP contribution in [0.1, 0.15) is 23.2 Å². The first-order valence-electron chi connectivity index (χ1n) is 5.94. The molecule has 98 valence electrons. The van der Waals surface area contributed by atoms with Crippen LogP contribution < -0.4 is 4.90 Å². The predicted octanol–water partition coefficient (Wildman–Crippen LogP) is 0.680. The number of hydrogen-bond donors (Lipinski definition) is 1. The second kappa shape index (κ2) is 3.57. The minimum Gasteiger partial charge on any atom is -0.478 e. The second-order valence-corrected chi connectivity index (χ2v) is 4.73. The van der Waals surface area contributed by atoms with Gasteiger partial charge in [0, 0.05) is 19.9 Å². The highest BCUT2D eigenvalue weighted by Crippen LogP contribution is 2.43. The van der Waals surface area contributed by atoms with Gasteiger partial charge in [0.05, 0.1) is 11.3 Å². The van der Waals surface area contributed by atoms with Crippen LogP contribution in [0.15, 0.2) is 24.3 Å². The van der Waals surface area contributed by atoms with Gasteiger partial charge in [-0.25, -0.2) is 4.79 Å². The molecule has 0 radical (unpaired) electrons. The van der Waals surface area contributed by atoms with Crippen LogP contribution in [0, 0.1) is 0 Å². The Labute approximate surface area is 109 Å². The minimum atomic E-state index is -1.58. The van der Waals surface area contributed by atoms with E-state index in [1.54, 1.807) is 24.3 Å². The zero-order chi connectivity index (χ0) is 13.8. The van der Waals surface area contributed by atoms with Gasteiger partial charge in [0.2, 0.25) is 11.6 Å². The van der Waals surface area contributed by atoms with Crippen molar-refractivity contribution in [2.75, 3.05) is 11.9 Å². The molecule has 0 saturated carbocycles. The van der Waals surface area contributed by atoms with E-state index in [9.17, 15) is 19.5 Å². The fourth-order valence-electron chi connectivity index (χ4n) is 2.91. The first-order valence-corrected chi connectivity index (χ1v) is 5.94. The highest BCUT2D eigenvalue weighted by atomic mass is 16.4. The maximum Gasteiger partial charge on any atom is 0.351 e. The number of hydrogen-bond acceptors (Lipinski definition) is 3. The van der Waals surface area contributed by atoms with Gasteiger partial charge in [0.25, 0.3) is 5.91 Å². The van der Waals surface area contributed by atoms with Crippen LogP contribution in [-0.2, 0) is 9.59 Å². The molecular formula is C13H12N2O4. The number of para-hydroxylation sites is 1. The first kappa shape index (κ1) is 11.7. The molecule has 1 fully saturated rings. The van der Waals surface area contributed by atoms with E-state index in [0.29, 0.717) is 11.3 Å². The lowest BCUT2D eigenvalue weighted by Crippen LogP contribution is -2.66. The number of nitrogens with zero attached hydrogens (tertiary/aromatic N) is 2. The lowest BCUT2D eigenvalue weighted by atomic mass is 9.97. The Morgan fingerprint density at radius 3 is 2.68 bits per heavy atom. The zero-order valence-electron chi connectivity index (χ0n) is 10.3. The van der Waals surface area contributed by atoms with Crippen molar-refractivity contribution >= 4 is 23.5 Å². The van der Waals surface area contributed by atoms with Crippen LogP contribution >= 0.6 is 0 Å². The van der Waals surface area contributed by atoms with E-state index in [4.69, 9.17) is 0 Å². The summed E-state index contributed by atoms with van der Waals surface area (Å²) in [4.78, 5) is 38.4. The fraction of sp³-hybridized carbons (Fsp3) is 0.308. The molecule has 2 aliphatic heterocycles. The Balaban J connectivity index is 2.31. The number of amides is 2. The average Bonchev–Trinajstić information content (AvgIpc) is 2.75. The summed E-state index contributed by atoms with van der Waals surface area (Å²) in [6.45, 7) is 0. The van der Waals surface area contributed by atoms with Gasteiger partial charge in [-0.2, -0.15) is 0 Å². The number of anilines is 1. The number of rotatable bonds is 1. The Morgan fingerprint density at radius 2 is 2.00 bits per heavy atom. The van der Waals surface area contributed by atoms with E-state index in [1.807, 2.05) is 0 Å². The van der Waals surface area contributed by atoms with Crippen molar-refractivity contribution in [3.63, 3.8) is 0 Å². The normalized spacial score (nSPS) is 25.3. The summed E-state index contributed by atoms with van der Waals surface area (Å²) in [5.74, 6) is -1.82. The van der Waals surface area contributed by atoms with Crippen LogP contribution in [0.2, 0.25) is 0 Å². The molecule has 1 aromatic carbocycles. The SMILES string of the molecule is CN1C(=O)c2ccccc2N2C(=O)CC[C@]12C(=O)O. The van der Waals surface area contributed by atoms with E-state index in [2.05, 4.69) is 0 Å². The van der Waals surface area contributed by atoms with Gasteiger partial charge in [-0.15, -0.1) is 0 Å². The summed E-state index contributed by atoms with van der Waals surface area (Å²) in [7, 11) is 1.43. The molecule has 3 rings (SSSR count). The quantitative estimate of drug-likeness (QED) is 0.805. The first-order chi connectivity index (χ1) is 9.00. The molecule has 2 heterocycles. The van der Waals surface area contributed by atoms with Gasteiger partial charge in [-0.05, 0) is 12.1 Å². The third-order valence-corrected chi connectivity index (χ3v) is 3.88. The van der Waals surface area contributed by atoms with Crippen molar-refractivity contribution < 1.29 is 19.5 Å². The molecule has 19 heavy (non-hydrogen) atoms. The zero-order valence-corrected chi connectivity index (χ0v) is 10.3. The van der Waals surface area contributed by atoms with Gasteiger partial charge >= 0.3 is 5.97 Å². The largest absolute Gasteiger partial charge is 0.478 e. The summed E-state index contributed by atoms with van der Waals surface area (Å²) >= 11 is 0. The summed E-state index contributed by atoms with van der Waals surface area (Å²) in [5, 5.41) is 9.54. The third kappa shape index (κ3) is 1.23. The maximum absolute atomic E-state index is 12.3. The summed E-state index contributed by atoms with van der Waals surface area (Å²) < 4.78 is 0. The van der Waals surface area contributed by atoms with E-state index in [1.165, 1.54) is 11.9 Å². The lowest BCUT2D eigenvalue weighted by molar-refractivity contribution is -0.149.